The van der Waals surface area contributed by atoms with Crippen LogP contribution in [0.4, 0.5) is 0 Å². The summed E-state index contributed by atoms with van der Waals surface area (Å²) in [4.78, 5) is 12.1. The number of nitrogens with zero attached hydrogens (tertiary/aromatic N) is 1. The highest BCUT2D eigenvalue weighted by atomic mass is 16.5. The molecule has 0 unspecified atom stereocenters. The smallest absolute Gasteiger partial charge is 0.214 e. The van der Waals surface area contributed by atoms with Gasteiger partial charge in [-0.05, 0) is 17.5 Å². The number of oxime groups is 1. The van der Waals surface area contributed by atoms with Gasteiger partial charge in [0, 0.05) is 6.42 Å². The van der Waals surface area contributed by atoms with Crippen molar-refractivity contribution in [2.45, 2.75) is 26.2 Å². The molecule has 0 radical (unpaired) electrons. The highest BCUT2D eigenvalue weighted by molar-refractivity contribution is 6.46. The van der Waals surface area contributed by atoms with Crippen LogP contribution in [-0.4, -0.2) is 23.3 Å². The van der Waals surface area contributed by atoms with Gasteiger partial charge in [0.05, 0.1) is 12.2 Å². The second-order valence-electron chi connectivity index (χ2n) is 4.35. The zero-order valence-corrected chi connectivity index (χ0v) is 9.93. The molecule has 2 rings (SSSR count). The molecule has 1 N–H and O–H groups in total. The summed E-state index contributed by atoms with van der Waals surface area (Å²) in [6.07, 6.45) is 0.335. The number of Topliss-reactive ketones (excluding diaryl/α,β-unsaturated/α-hetero) is 1. The maximum atomic E-state index is 12.1. The Morgan fingerprint density at radius 3 is 2.82 bits per heavy atom. The van der Waals surface area contributed by atoms with Gasteiger partial charge in [0.1, 0.15) is 11.5 Å². The molecule has 0 bridgehead atoms. The molecule has 0 atom stereocenters. The molecule has 0 saturated carbocycles. The fourth-order valence-corrected chi connectivity index (χ4v) is 1.96. The van der Waals surface area contributed by atoms with Gasteiger partial charge in [-0.3, -0.25) is 4.79 Å². The first kappa shape index (κ1) is 11.6. The molecule has 1 aliphatic rings. The largest absolute Gasteiger partial charge is 0.492 e. The zero-order chi connectivity index (χ0) is 12.4. The summed E-state index contributed by atoms with van der Waals surface area (Å²) in [6, 6.07) is 5.49. The highest BCUT2D eigenvalue weighted by Crippen LogP contribution is 2.32. The third-order valence-electron chi connectivity index (χ3n) is 2.88. The predicted molar refractivity (Wildman–Crippen MR) is 64.2 cm³/mol. The normalized spacial score (nSPS) is 17.8. The van der Waals surface area contributed by atoms with Crippen LogP contribution >= 0.6 is 0 Å². The lowest BCUT2D eigenvalue weighted by Gasteiger charge is -2.14. The van der Waals surface area contributed by atoms with Gasteiger partial charge in [0.2, 0.25) is 5.78 Å². The lowest BCUT2D eigenvalue weighted by atomic mass is 9.96. The molecular formula is C13H15NO3. The van der Waals surface area contributed by atoms with Gasteiger partial charge in [-0.15, -0.1) is 0 Å². The van der Waals surface area contributed by atoms with Crippen molar-refractivity contribution in [1.82, 2.24) is 0 Å². The first-order valence-corrected chi connectivity index (χ1v) is 5.66. The number of fused-ring (bicyclic) bond motifs is 1. The predicted octanol–water partition coefficient (Wildman–Crippen LogP) is 2.61. The molecule has 0 saturated heterocycles. The number of para-hydroxylation sites is 1. The van der Waals surface area contributed by atoms with Gasteiger partial charge in [-0.2, -0.15) is 0 Å². The fourth-order valence-electron chi connectivity index (χ4n) is 1.96. The van der Waals surface area contributed by atoms with Gasteiger partial charge in [-0.1, -0.05) is 31.1 Å². The van der Waals surface area contributed by atoms with Crippen molar-refractivity contribution in [3.8, 4) is 5.75 Å². The Kier molecular flexibility index (Phi) is 3.13. The van der Waals surface area contributed by atoms with E-state index >= 15 is 0 Å². The van der Waals surface area contributed by atoms with Crippen molar-refractivity contribution in [1.29, 1.82) is 0 Å². The number of rotatable bonds is 1. The summed E-state index contributed by atoms with van der Waals surface area (Å²) < 4.78 is 5.63. The molecule has 0 amide bonds. The third kappa shape index (κ3) is 2.02. The summed E-state index contributed by atoms with van der Waals surface area (Å²) in [5.74, 6) is 0.666. The molecule has 4 nitrogen and oxygen atoms in total. The summed E-state index contributed by atoms with van der Waals surface area (Å²) >= 11 is 0. The van der Waals surface area contributed by atoms with Gasteiger partial charge in [0.25, 0.3) is 0 Å². The maximum absolute atomic E-state index is 12.1. The van der Waals surface area contributed by atoms with Crippen molar-refractivity contribution in [3.63, 3.8) is 0 Å². The topological polar surface area (TPSA) is 58.9 Å². The lowest BCUT2D eigenvalue weighted by Crippen LogP contribution is -2.13. The third-order valence-corrected chi connectivity index (χ3v) is 2.88. The Labute approximate surface area is 99.9 Å². The summed E-state index contributed by atoms with van der Waals surface area (Å²) in [5.41, 5.74) is 1.65. The van der Waals surface area contributed by atoms with Gasteiger partial charge in [-0.25, -0.2) is 0 Å². The quantitative estimate of drug-likeness (QED) is 0.599. The van der Waals surface area contributed by atoms with E-state index in [-0.39, 0.29) is 17.4 Å². The summed E-state index contributed by atoms with van der Waals surface area (Å²) in [5, 5.41) is 11.9. The Bertz CT molecular complexity index is 478. The van der Waals surface area contributed by atoms with Crippen molar-refractivity contribution < 1.29 is 14.7 Å². The molecule has 0 aliphatic carbocycles. The van der Waals surface area contributed by atoms with Crippen LogP contribution in [0.1, 0.15) is 42.1 Å². The molecule has 1 aromatic rings. The first-order valence-electron chi connectivity index (χ1n) is 5.66. The number of benzene rings is 1. The second-order valence-corrected chi connectivity index (χ2v) is 4.35. The van der Waals surface area contributed by atoms with E-state index in [4.69, 9.17) is 9.94 Å². The number of carbonyl (C=O) groups is 1. The molecule has 90 valence electrons. The van der Waals surface area contributed by atoms with Crippen LogP contribution in [-0.2, 0) is 0 Å². The molecule has 1 aliphatic heterocycles. The minimum atomic E-state index is -0.248. The fraction of sp³-hybridized carbons (Fsp3) is 0.385. The van der Waals surface area contributed by atoms with Crippen LogP contribution in [0.5, 0.6) is 5.75 Å². The first-order chi connectivity index (χ1) is 8.15. The maximum Gasteiger partial charge on any atom is 0.214 e. The van der Waals surface area contributed by atoms with Crippen LogP contribution in [0.3, 0.4) is 0 Å². The standard InChI is InChI=1S/C13H15NO3/c1-8(2)9-4-3-5-10-12(15)11(14-16)6-7-17-13(9)10/h3-5,8,16H,6-7H2,1-2H3/b14-11-. The van der Waals surface area contributed by atoms with E-state index in [0.29, 0.717) is 24.3 Å². The highest BCUT2D eigenvalue weighted by Gasteiger charge is 2.25. The monoisotopic (exact) mass is 233 g/mol. The number of hydrogen-bond donors (Lipinski definition) is 1. The van der Waals surface area contributed by atoms with Crippen molar-refractivity contribution >= 4 is 11.5 Å². The lowest BCUT2D eigenvalue weighted by molar-refractivity contribution is 0.106. The summed E-state index contributed by atoms with van der Waals surface area (Å²) in [7, 11) is 0. The average Bonchev–Trinajstić information content (AvgIpc) is 2.48. The molecule has 17 heavy (non-hydrogen) atoms. The molecule has 0 spiro atoms. The van der Waals surface area contributed by atoms with Crippen molar-refractivity contribution in [2.75, 3.05) is 6.61 Å². The average molecular weight is 233 g/mol. The van der Waals surface area contributed by atoms with E-state index in [1.165, 1.54) is 0 Å². The molecule has 4 heteroatoms. The van der Waals surface area contributed by atoms with Gasteiger partial charge in [0.15, 0.2) is 0 Å². The Morgan fingerprint density at radius 1 is 1.41 bits per heavy atom. The van der Waals surface area contributed by atoms with Crippen LogP contribution in [0.25, 0.3) is 0 Å². The van der Waals surface area contributed by atoms with E-state index in [2.05, 4.69) is 19.0 Å². The minimum Gasteiger partial charge on any atom is -0.492 e. The molecule has 0 aromatic heterocycles. The minimum absolute atomic E-state index is 0.157. The molecule has 0 fully saturated rings. The summed E-state index contributed by atoms with van der Waals surface area (Å²) in [6.45, 7) is 4.46. The van der Waals surface area contributed by atoms with E-state index in [1.54, 1.807) is 6.07 Å². The SMILES string of the molecule is CC(C)c1cccc2c1OCC/C(=N/O)C2=O. The molecular weight excluding hydrogens is 218 g/mol. The van der Waals surface area contributed by atoms with Crippen LogP contribution in [0.15, 0.2) is 23.4 Å². The van der Waals surface area contributed by atoms with Crippen LogP contribution in [0, 0.1) is 0 Å². The zero-order valence-electron chi connectivity index (χ0n) is 9.93. The second kappa shape index (κ2) is 4.57. The van der Waals surface area contributed by atoms with Crippen molar-refractivity contribution in [2.24, 2.45) is 5.16 Å². The van der Waals surface area contributed by atoms with Crippen LogP contribution < -0.4 is 4.74 Å². The molecule has 1 heterocycles. The van der Waals surface area contributed by atoms with Gasteiger partial charge < -0.3 is 9.94 Å². The van der Waals surface area contributed by atoms with Crippen molar-refractivity contribution in [3.05, 3.63) is 29.3 Å². The van der Waals surface area contributed by atoms with Gasteiger partial charge >= 0.3 is 0 Å². The van der Waals surface area contributed by atoms with E-state index in [1.807, 2.05) is 12.1 Å². The van der Waals surface area contributed by atoms with E-state index < -0.39 is 0 Å². The van der Waals surface area contributed by atoms with E-state index in [9.17, 15) is 4.79 Å². The Hall–Kier alpha value is -1.84. The van der Waals surface area contributed by atoms with Crippen LogP contribution in [0.2, 0.25) is 0 Å². The molecule has 1 aromatic carbocycles. The number of hydrogen-bond acceptors (Lipinski definition) is 4. The Morgan fingerprint density at radius 2 is 2.18 bits per heavy atom. The number of carbonyl (C=O) groups excluding carboxylic acids is 1. The van der Waals surface area contributed by atoms with E-state index in [0.717, 1.165) is 5.56 Å². The number of ether oxygens (including phenoxy) is 1. The number of ketones is 1. The Balaban J connectivity index is 2.57.